The molecule has 1 aromatic heterocycles. The summed E-state index contributed by atoms with van der Waals surface area (Å²) >= 11 is 5.99. The molecule has 2 rings (SSSR count). The lowest BCUT2D eigenvalue weighted by molar-refractivity contribution is 0.243. The van der Waals surface area contributed by atoms with Gasteiger partial charge in [0.25, 0.3) is 5.56 Å². The molecule has 5 nitrogen and oxygen atoms in total. The van der Waals surface area contributed by atoms with Crippen molar-refractivity contribution in [3.8, 4) is 5.75 Å². The van der Waals surface area contributed by atoms with Crippen LogP contribution in [0.2, 0.25) is 5.02 Å². The highest BCUT2D eigenvalue weighted by Gasteiger charge is 2.09. The van der Waals surface area contributed by atoms with Crippen LogP contribution in [0.4, 0.5) is 0 Å². The molecule has 1 aromatic carbocycles. The van der Waals surface area contributed by atoms with Crippen molar-refractivity contribution in [2.45, 2.75) is 20.0 Å². The maximum Gasteiger partial charge on any atom is 0.326 e. The van der Waals surface area contributed by atoms with Gasteiger partial charge in [-0.05, 0) is 19.9 Å². The number of rotatable bonds is 2. The van der Waals surface area contributed by atoms with Crippen LogP contribution >= 0.6 is 11.6 Å². The average Bonchev–Trinajstić information content (AvgIpc) is 2.20. The lowest BCUT2D eigenvalue weighted by atomic mass is 10.2. The second-order valence-electron chi connectivity index (χ2n) is 3.90. The molecule has 6 heteroatoms. The molecule has 0 unspecified atom stereocenters. The second-order valence-corrected chi connectivity index (χ2v) is 4.31. The van der Waals surface area contributed by atoms with Gasteiger partial charge in [0, 0.05) is 6.07 Å². The van der Waals surface area contributed by atoms with E-state index in [1.165, 1.54) is 6.07 Å². The molecule has 0 aliphatic rings. The Balaban J connectivity index is 2.71. The summed E-state index contributed by atoms with van der Waals surface area (Å²) in [6.07, 6.45) is -0.0429. The van der Waals surface area contributed by atoms with Crippen molar-refractivity contribution in [2.75, 3.05) is 0 Å². The molecule has 2 N–H and O–H groups in total. The third-order valence-corrected chi connectivity index (χ3v) is 2.45. The van der Waals surface area contributed by atoms with Crippen molar-refractivity contribution >= 4 is 22.5 Å². The number of hydrogen-bond donors (Lipinski definition) is 2. The first kappa shape index (κ1) is 11.7. The maximum absolute atomic E-state index is 11.5. The summed E-state index contributed by atoms with van der Waals surface area (Å²) in [6.45, 7) is 3.72. The van der Waals surface area contributed by atoms with Crippen LogP contribution in [0.1, 0.15) is 13.8 Å². The van der Waals surface area contributed by atoms with E-state index in [0.717, 1.165) is 0 Å². The van der Waals surface area contributed by atoms with Gasteiger partial charge in [0.05, 0.1) is 22.0 Å². The Labute approximate surface area is 101 Å². The highest BCUT2D eigenvalue weighted by atomic mass is 35.5. The minimum atomic E-state index is -0.555. The first-order chi connectivity index (χ1) is 7.97. The Morgan fingerprint density at radius 1 is 1.24 bits per heavy atom. The largest absolute Gasteiger partial charge is 0.489 e. The fourth-order valence-electron chi connectivity index (χ4n) is 1.51. The smallest absolute Gasteiger partial charge is 0.326 e. The van der Waals surface area contributed by atoms with Crippen LogP contribution in [0.25, 0.3) is 10.9 Å². The van der Waals surface area contributed by atoms with Gasteiger partial charge in [-0.1, -0.05) is 11.6 Å². The molecule has 0 radical (unpaired) electrons. The van der Waals surface area contributed by atoms with Crippen molar-refractivity contribution in [1.29, 1.82) is 0 Å². The molecule has 90 valence electrons. The lowest BCUT2D eigenvalue weighted by Gasteiger charge is -2.11. The summed E-state index contributed by atoms with van der Waals surface area (Å²) in [4.78, 5) is 27.3. The standard InChI is InChI=1S/C11H11ClN2O3/c1-5(2)17-9-4-8-6(3-7(9)12)10(15)14-11(16)13-8/h3-5H,1-2H3,(H2,13,14,15,16). The fourth-order valence-corrected chi connectivity index (χ4v) is 1.72. The van der Waals surface area contributed by atoms with Gasteiger partial charge in [0.1, 0.15) is 5.75 Å². The topological polar surface area (TPSA) is 75.0 Å². The Kier molecular flexibility index (Phi) is 2.93. The van der Waals surface area contributed by atoms with E-state index in [1.54, 1.807) is 6.07 Å². The number of halogens is 1. The zero-order valence-electron chi connectivity index (χ0n) is 9.33. The van der Waals surface area contributed by atoms with Gasteiger partial charge in [-0.2, -0.15) is 0 Å². The number of aromatic amines is 2. The van der Waals surface area contributed by atoms with Gasteiger partial charge in [0.2, 0.25) is 0 Å². The number of hydrogen-bond acceptors (Lipinski definition) is 3. The monoisotopic (exact) mass is 254 g/mol. The fraction of sp³-hybridized carbons (Fsp3) is 0.273. The molecule has 0 aliphatic heterocycles. The Morgan fingerprint density at radius 3 is 2.59 bits per heavy atom. The summed E-state index contributed by atoms with van der Waals surface area (Å²) in [6, 6.07) is 3.03. The molecular weight excluding hydrogens is 244 g/mol. The highest BCUT2D eigenvalue weighted by Crippen LogP contribution is 2.28. The molecule has 2 aromatic rings. The van der Waals surface area contributed by atoms with Crippen LogP contribution in [0.5, 0.6) is 5.75 Å². The van der Waals surface area contributed by atoms with E-state index < -0.39 is 11.2 Å². The van der Waals surface area contributed by atoms with Crippen molar-refractivity contribution in [1.82, 2.24) is 9.97 Å². The van der Waals surface area contributed by atoms with Crippen LogP contribution in [-0.4, -0.2) is 16.1 Å². The number of benzene rings is 1. The minimum Gasteiger partial charge on any atom is -0.489 e. The summed E-state index contributed by atoms with van der Waals surface area (Å²) in [7, 11) is 0. The molecule has 0 aliphatic carbocycles. The van der Waals surface area contributed by atoms with Gasteiger partial charge in [-0.3, -0.25) is 9.78 Å². The Hall–Kier alpha value is -1.75. The summed E-state index contributed by atoms with van der Waals surface area (Å²) in [5, 5.41) is 0.662. The van der Waals surface area contributed by atoms with E-state index in [9.17, 15) is 9.59 Å². The van der Waals surface area contributed by atoms with Crippen molar-refractivity contribution in [2.24, 2.45) is 0 Å². The molecule has 0 saturated heterocycles. The number of nitrogens with one attached hydrogen (secondary N) is 2. The van der Waals surface area contributed by atoms with Crippen molar-refractivity contribution < 1.29 is 4.74 Å². The van der Waals surface area contributed by atoms with E-state index in [-0.39, 0.29) is 6.10 Å². The predicted molar refractivity (Wildman–Crippen MR) is 66.0 cm³/mol. The SMILES string of the molecule is CC(C)Oc1cc2[nH]c(=O)[nH]c(=O)c2cc1Cl. The van der Waals surface area contributed by atoms with Gasteiger partial charge < -0.3 is 9.72 Å². The normalized spacial score (nSPS) is 11.1. The number of aromatic nitrogens is 2. The van der Waals surface area contributed by atoms with Crippen LogP contribution in [0, 0.1) is 0 Å². The minimum absolute atomic E-state index is 0.0429. The van der Waals surface area contributed by atoms with Crippen LogP contribution in [0.15, 0.2) is 21.7 Å². The Morgan fingerprint density at radius 2 is 1.94 bits per heavy atom. The first-order valence-corrected chi connectivity index (χ1v) is 5.47. The van der Waals surface area contributed by atoms with E-state index in [0.29, 0.717) is 21.7 Å². The predicted octanol–water partition coefficient (Wildman–Crippen LogP) is 1.66. The van der Waals surface area contributed by atoms with Gasteiger partial charge in [-0.25, -0.2) is 4.79 Å². The summed E-state index contributed by atoms with van der Waals surface area (Å²) in [5.41, 5.74) is -0.624. The molecule has 0 spiro atoms. The molecule has 0 atom stereocenters. The first-order valence-electron chi connectivity index (χ1n) is 5.10. The van der Waals surface area contributed by atoms with Crippen LogP contribution < -0.4 is 16.0 Å². The maximum atomic E-state index is 11.5. The molecule has 0 fully saturated rings. The van der Waals surface area contributed by atoms with E-state index in [2.05, 4.69) is 9.97 Å². The zero-order chi connectivity index (χ0) is 12.6. The number of H-pyrrole nitrogens is 2. The molecular formula is C11H11ClN2O3. The average molecular weight is 255 g/mol. The van der Waals surface area contributed by atoms with Crippen LogP contribution in [-0.2, 0) is 0 Å². The summed E-state index contributed by atoms with van der Waals surface area (Å²) < 4.78 is 5.47. The number of ether oxygens (including phenoxy) is 1. The molecule has 0 bridgehead atoms. The molecule has 17 heavy (non-hydrogen) atoms. The highest BCUT2D eigenvalue weighted by molar-refractivity contribution is 6.32. The molecule has 1 heterocycles. The number of fused-ring (bicyclic) bond motifs is 1. The van der Waals surface area contributed by atoms with Gasteiger partial charge in [-0.15, -0.1) is 0 Å². The van der Waals surface area contributed by atoms with E-state index in [4.69, 9.17) is 16.3 Å². The van der Waals surface area contributed by atoms with Gasteiger partial charge in [0.15, 0.2) is 0 Å². The van der Waals surface area contributed by atoms with E-state index >= 15 is 0 Å². The van der Waals surface area contributed by atoms with Crippen LogP contribution in [0.3, 0.4) is 0 Å². The van der Waals surface area contributed by atoms with Gasteiger partial charge >= 0.3 is 5.69 Å². The third-order valence-electron chi connectivity index (χ3n) is 2.15. The second kappa shape index (κ2) is 4.25. The zero-order valence-corrected chi connectivity index (χ0v) is 10.1. The molecule has 0 saturated carbocycles. The Bertz CT molecular complexity index is 672. The van der Waals surface area contributed by atoms with E-state index in [1.807, 2.05) is 13.8 Å². The van der Waals surface area contributed by atoms with Crippen molar-refractivity contribution in [3.05, 3.63) is 38.0 Å². The lowest BCUT2D eigenvalue weighted by Crippen LogP contribution is -2.21. The summed E-state index contributed by atoms with van der Waals surface area (Å²) in [5.74, 6) is 0.440. The third kappa shape index (κ3) is 2.34. The van der Waals surface area contributed by atoms with Crippen molar-refractivity contribution in [3.63, 3.8) is 0 Å². The molecule has 0 amide bonds. The quantitative estimate of drug-likeness (QED) is 0.856.